The van der Waals surface area contributed by atoms with Crippen LogP contribution >= 0.6 is 0 Å². The van der Waals surface area contributed by atoms with Crippen molar-refractivity contribution in [2.24, 2.45) is 0 Å². The lowest BCUT2D eigenvalue weighted by Gasteiger charge is -2.39. The molecule has 2 heterocycles. The second-order valence-corrected chi connectivity index (χ2v) is 7.36. The van der Waals surface area contributed by atoms with Crippen LogP contribution in [0.5, 0.6) is 5.75 Å². The summed E-state index contributed by atoms with van der Waals surface area (Å²) in [6, 6.07) is 3.26. The van der Waals surface area contributed by atoms with Gasteiger partial charge in [-0.3, -0.25) is 14.2 Å². The summed E-state index contributed by atoms with van der Waals surface area (Å²) in [5.41, 5.74) is -1.14. The van der Waals surface area contributed by atoms with Crippen LogP contribution in [0.4, 0.5) is 8.78 Å². The van der Waals surface area contributed by atoms with E-state index in [0.29, 0.717) is 10.4 Å². The number of hydrogen-bond donors (Lipinski definition) is 1. The zero-order valence-corrected chi connectivity index (χ0v) is 16.7. The second kappa shape index (κ2) is 7.46. The molecule has 4 rings (SSSR count). The molecule has 0 spiro atoms. The van der Waals surface area contributed by atoms with Crippen molar-refractivity contribution in [1.29, 1.82) is 0 Å². The lowest BCUT2D eigenvalue weighted by molar-refractivity contribution is -0.131. The van der Waals surface area contributed by atoms with Crippen molar-refractivity contribution >= 4 is 29.5 Å². The monoisotopic (exact) mass is 423 g/mol. The highest BCUT2D eigenvalue weighted by atomic mass is 19.1. The Morgan fingerprint density at radius 1 is 1.29 bits per heavy atom. The highest BCUT2D eigenvalue weighted by molar-refractivity contribution is 5.88. The predicted octanol–water partition coefficient (Wildman–Crippen LogP) is 1.83. The van der Waals surface area contributed by atoms with Crippen molar-refractivity contribution in [2.45, 2.75) is 13.0 Å². The van der Waals surface area contributed by atoms with Gasteiger partial charge in [-0.1, -0.05) is 19.2 Å². The van der Waals surface area contributed by atoms with Gasteiger partial charge in [0.25, 0.3) is 5.56 Å². The fourth-order valence-electron chi connectivity index (χ4n) is 3.90. The minimum atomic E-state index is -0.996. The molecule has 1 saturated heterocycles. The van der Waals surface area contributed by atoms with Crippen molar-refractivity contribution in [3.63, 3.8) is 0 Å². The number of aromatic nitrogens is 2. The fraction of sp³-hybridized carbons (Fsp3) is 0.174. The van der Waals surface area contributed by atoms with E-state index in [1.54, 1.807) is 13.0 Å². The van der Waals surface area contributed by atoms with Gasteiger partial charge >= 0.3 is 0 Å². The largest absolute Gasteiger partial charge is 0.508 e. The number of phenols is 1. The molecule has 0 radical (unpaired) electrons. The van der Waals surface area contributed by atoms with Crippen molar-refractivity contribution in [1.82, 2.24) is 14.5 Å². The normalized spacial score (nSPS) is 14.7. The third-order valence-corrected chi connectivity index (χ3v) is 5.52. The Hall–Kier alpha value is -3.81. The molecule has 31 heavy (non-hydrogen) atoms. The second-order valence-electron chi connectivity index (χ2n) is 7.36. The Morgan fingerprint density at radius 2 is 2.00 bits per heavy atom. The van der Waals surface area contributed by atoms with Crippen LogP contribution in [0.2, 0.25) is 0 Å². The molecule has 0 atom stereocenters. The molecule has 1 aliphatic rings. The van der Waals surface area contributed by atoms with E-state index >= 15 is 8.78 Å². The molecule has 0 unspecified atom stereocenters. The maximum atomic E-state index is 15.4. The first-order valence-electron chi connectivity index (χ1n) is 9.55. The Kier molecular flexibility index (Phi) is 4.93. The van der Waals surface area contributed by atoms with Crippen LogP contribution in [0.25, 0.3) is 34.7 Å². The average molecular weight is 423 g/mol. The van der Waals surface area contributed by atoms with Gasteiger partial charge in [-0.15, -0.1) is 0 Å². The van der Waals surface area contributed by atoms with E-state index < -0.39 is 22.8 Å². The number of halogens is 2. The number of carbonyl (C=O) groups is 1. The van der Waals surface area contributed by atoms with Crippen LogP contribution in [0, 0.1) is 11.6 Å². The molecule has 158 valence electrons. The smallest absolute Gasteiger partial charge is 0.261 e. The van der Waals surface area contributed by atoms with Gasteiger partial charge in [-0.05, 0) is 47.2 Å². The maximum absolute atomic E-state index is 15.4. The van der Waals surface area contributed by atoms with Gasteiger partial charge in [-0.2, -0.15) is 0 Å². The summed E-state index contributed by atoms with van der Waals surface area (Å²) in [6.07, 6.45) is 4.03. The van der Waals surface area contributed by atoms with Gasteiger partial charge in [0, 0.05) is 13.1 Å². The van der Waals surface area contributed by atoms with E-state index in [4.69, 9.17) is 0 Å². The number of hydrogen-bond acceptors (Lipinski definition) is 4. The molecule has 6 nitrogen and oxygen atoms in total. The lowest BCUT2D eigenvalue weighted by Crippen LogP contribution is -2.52. The number of carbonyl (C=O) groups excluding carboxylic acids is 1. The molecule has 1 aliphatic heterocycles. The first kappa shape index (κ1) is 20.5. The molecule has 0 bridgehead atoms. The number of amides is 1. The SMILES string of the molecule is C=CC(=O)N1CC(n2cnc3c(F)c(-c4cc(O)cc(=C)/c4=C\C)c(F)cc3c2=O)C1. The van der Waals surface area contributed by atoms with Gasteiger partial charge in [0.05, 0.1) is 23.3 Å². The van der Waals surface area contributed by atoms with Crippen molar-refractivity contribution in [2.75, 3.05) is 13.1 Å². The van der Waals surface area contributed by atoms with Gasteiger partial charge in [0.2, 0.25) is 5.91 Å². The van der Waals surface area contributed by atoms with Gasteiger partial charge in [0.1, 0.15) is 17.1 Å². The molecule has 1 amide bonds. The highest BCUT2D eigenvalue weighted by Crippen LogP contribution is 2.30. The molecule has 2 aromatic carbocycles. The topological polar surface area (TPSA) is 75.4 Å². The summed E-state index contributed by atoms with van der Waals surface area (Å²) in [7, 11) is 0. The third kappa shape index (κ3) is 3.20. The summed E-state index contributed by atoms with van der Waals surface area (Å²) in [5.74, 6) is -2.38. The van der Waals surface area contributed by atoms with E-state index in [-0.39, 0.29) is 47.3 Å². The number of likely N-dealkylation sites (tertiary alicyclic amines) is 1. The van der Waals surface area contributed by atoms with Crippen molar-refractivity contribution in [3.05, 3.63) is 69.6 Å². The Bertz CT molecular complexity index is 1420. The number of fused-ring (bicyclic) bond motifs is 1. The number of benzene rings is 2. The number of nitrogens with zero attached hydrogens (tertiary/aromatic N) is 3. The fourth-order valence-corrected chi connectivity index (χ4v) is 3.90. The van der Waals surface area contributed by atoms with Crippen LogP contribution in [0.3, 0.4) is 0 Å². The van der Waals surface area contributed by atoms with Gasteiger partial charge in [-0.25, -0.2) is 13.8 Å². The summed E-state index contributed by atoms with van der Waals surface area (Å²) in [4.78, 5) is 30.1. The molecule has 1 fully saturated rings. The molecule has 8 heteroatoms. The van der Waals surface area contributed by atoms with E-state index in [0.717, 1.165) is 6.07 Å². The first-order chi connectivity index (χ1) is 14.8. The Balaban J connectivity index is 1.87. The van der Waals surface area contributed by atoms with Crippen molar-refractivity contribution < 1.29 is 18.7 Å². The van der Waals surface area contributed by atoms with Gasteiger partial charge in [0.15, 0.2) is 5.82 Å². The van der Waals surface area contributed by atoms with E-state index in [1.807, 2.05) is 0 Å². The summed E-state index contributed by atoms with van der Waals surface area (Å²) in [6.45, 7) is 9.48. The quantitative estimate of drug-likeness (QED) is 0.653. The summed E-state index contributed by atoms with van der Waals surface area (Å²) in [5, 5.41) is 10.6. The van der Waals surface area contributed by atoms with Crippen LogP contribution in [0.1, 0.15) is 13.0 Å². The lowest BCUT2D eigenvalue weighted by atomic mass is 9.98. The van der Waals surface area contributed by atoms with Crippen molar-refractivity contribution in [3.8, 4) is 16.9 Å². The average Bonchev–Trinajstić information content (AvgIpc) is 2.68. The molecule has 0 saturated carbocycles. The molecular weight excluding hydrogens is 404 g/mol. The molecular formula is C23H19F2N3O3. The van der Waals surface area contributed by atoms with Crippen LogP contribution in [-0.4, -0.2) is 38.6 Å². The highest BCUT2D eigenvalue weighted by Gasteiger charge is 2.32. The minimum Gasteiger partial charge on any atom is -0.508 e. The first-order valence-corrected chi connectivity index (χ1v) is 9.55. The minimum absolute atomic E-state index is 0.118. The number of rotatable bonds is 3. The standard InChI is InChI=1S/C23H19F2N3O3/c1-4-15-12(3)6-14(29)7-16(15)20-18(24)8-17-22(21(20)25)26-11-28(23(17)31)13-9-27(10-13)19(30)5-2/h4-8,11,13,29H,2-3,9-10H2,1H3/b15-4+. The van der Waals surface area contributed by atoms with E-state index in [1.165, 1.54) is 34.0 Å². The molecule has 3 aromatic rings. The van der Waals surface area contributed by atoms with Gasteiger partial charge < -0.3 is 10.0 Å². The zero-order valence-electron chi connectivity index (χ0n) is 16.7. The molecule has 1 aromatic heterocycles. The van der Waals surface area contributed by atoms with E-state index in [2.05, 4.69) is 18.1 Å². The van der Waals surface area contributed by atoms with Crippen LogP contribution in [-0.2, 0) is 4.79 Å². The van der Waals surface area contributed by atoms with Crippen LogP contribution in [0.15, 0.2) is 42.0 Å². The molecule has 1 N–H and O–H groups in total. The summed E-state index contributed by atoms with van der Waals surface area (Å²) >= 11 is 0. The summed E-state index contributed by atoms with van der Waals surface area (Å²) < 4.78 is 31.7. The van der Waals surface area contributed by atoms with E-state index in [9.17, 15) is 14.7 Å². The number of aromatic hydroxyl groups is 1. The Morgan fingerprint density at radius 3 is 2.65 bits per heavy atom. The zero-order chi connectivity index (χ0) is 22.4. The third-order valence-electron chi connectivity index (χ3n) is 5.52. The number of phenolic OH excluding ortho intramolecular Hbond substituents is 1. The Labute approximate surface area is 175 Å². The maximum Gasteiger partial charge on any atom is 0.261 e. The van der Waals surface area contributed by atoms with Crippen LogP contribution < -0.4 is 16.0 Å². The molecule has 0 aliphatic carbocycles. The predicted molar refractivity (Wildman–Crippen MR) is 114 cm³/mol.